The van der Waals surface area contributed by atoms with Gasteiger partial charge >= 0.3 is 0 Å². The van der Waals surface area contributed by atoms with Crippen molar-refractivity contribution in [2.24, 2.45) is 0 Å². The number of amides is 1. The Morgan fingerprint density at radius 3 is 2.70 bits per heavy atom. The van der Waals surface area contributed by atoms with Crippen molar-refractivity contribution in [2.45, 2.75) is 52.1 Å². The summed E-state index contributed by atoms with van der Waals surface area (Å²) in [5.41, 5.74) is -0.270. The standard InChI is InChI=1S/C14H20ClN3O2/c1-4-17(10-5-6-10)13(20)8-18-12(19)7-11(15)16-14(18)9(2)3/h7,9-10H,4-6,8H2,1-3H3. The molecule has 1 aliphatic carbocycles. The van der Waals surface area contributed by atoms with Gasteiger partial charge in [0.05, 0.1) is 0 Å². The van der Waals surface area contributed by atoms with Crippen molar-refractivity contribution in [3.05, 3.63) is 27.4 Å². The molecule has 0 saturated heterocycles. The fourth-order valence-electron chi connectivity index (χ4n) is 2.34. The molecule has 0 aliphatic heterocycles. The minimum absolute atomic E-state index is 0.0249. The Kier molecular flexibility index (Phi) is 4.48. The zero-order chi connectivity index (χ0) is 14.9. The highest BCUT2D eigenvalue weighted by Gasteiger charge is 2.31. The molecule has 110 valence electrons. The number of nitrogens with zero attached hydrogens (tertiary/aromatic N) is 3. The fourth-order valence-corrected chi connectivity index (χ4v) is 2.52. The largest absolute Gasteiger partial charge is 0.338 e. The van der Waals surface area contributed by atoms with E-state index in [1.54, 1.807) is 0 Å². The first-order valence-corrected chi connectivity index (χ1v) is 7.38. The molecular formula is C14H20ClN3O2. The monoisotopic (exact) mass is 297 g/mol. The Bertz CT molecular complexity index is 564. The topological polar surface area (TPSA) is 55.2 Å². The summed E-state index contributed by atoms with van der Waals surface area (Å²) in [6.45, 7) is 6.54. The van der Waals surface area contributed by atoms with Gasteiger partial charge in [0.15, 0.2) is 0 Å². The van der Waals surface area contributed by atoms with Crippen molar-refractivity contribution < 1.29 is 4.79 Å². The molecule has 0 aromatic carbocycles. The third-order valence-electron chi connectivity index (χ3n) is 3.46. The van der Waals surface area contributed by atoms with Crippen LogP contribution in [0.25, 0.3) is 0 Å². The maximum absolute atomic E-state index is 12.3. The first-order valence-electron chi connectivity index (χ1n) is 7.00. The Balaban J connectivity index is 2.28. The van der Waals surface area contributed by atoms with E-state index in [1.807, 2.05) is 25.7 Å². The van der Waals surface area contributed by atoms with Crippen molar-refractivity contribution in [1.82, 2.24) is 14.5 Å². The lowest BCUT2D eigenvalue weighted by atomic mass is 10.2. The van der Waals surface area contributed by atoms with Gasteiger partial charge in [-0.1, -0.05) is 25.4 Å². The molecule has 1 aromatic heterocycles. The third-order valence-corrected chi connectivity index (χ3v) is 3.66. The van der Waals surface area contributed by atoms with E-state index in [1.165, 1.54) is 10.6 Å². The number of hydrogen-bond donors (Lipinski definition) is 0. The van der Waals surface area contributed by atoms with Gasteiger partial charge in [0.2, 0.25) is 5.91 Å². The summed E-state index contributed by atoms with van der Waals surface area (Å²) in [7, 11) is 0. The van der Waals surface area contributed by atoms with Gasteiger partial charge in [-0.05, 0) is 19.8 Å². The predicted molar refractivity (Wildman–Crippen MR) is 78.0 cm³/mol. The highest BCUT2D eigenvalue weighted by Crippen LogP contribution is 2.26. The molecule has 1 amide bonds. The summed E-state index contributed by atoms with van der Waals surface area (Å²) < 4.78 is 1.43. The molecule has 0 radical (unpaired) electrons. The molecule has 0 unspecified atom stereocenters. The molecule has 5 nitrogen and oxygen atoms in total. The molecule has 0 bridgehead atoms. The number of hydrogen-bond acceptors (Lipinski definition) is 3. The first kappa shape index (κ1) is 15.0. The second-order valence-electron chi connectivity index (χ2n) is 5.43. The van der Waals surface area contributed by atoms with E-state index in [-0.39, 0.29) is 29.1 Å². The number of likely N-dealkylation sites (N-methyl/N-ethyl adjacent to an activating group) is 1. The van der Waals surface area contributed by atoms with Crippen molar-refractivity contribution in [3.8, 4) is 0 Å². The van der Waals surface area contributed by atoms with Gasteiger partial charge in [-0.15, -0.1) is 0 Å². The number of carbonyl (C=O) groups excluding carboxylic acids is 1. The molecule has 1 saturated carbocycles. The summed E-state index contributed by atoms with van der Waals surface area (Å²) in [6, 6.07) is 1.61. The van der Waals surface area contributed by atoms with E-state index in [4.69, 9.17) is 11.6 Å². The Morgan fingerprint density at radius 1 is 1.55 bits per heavy atom. The Labute approximate surface area is 123 Å². The molecule has 1 fully saturated rings. The normalized spacial score (nSPS) is 14.7. The summed E-state index contributed by atoms with van der Waals surface area (Å²) in [4.78, 5) is 30.4. The molecule has 20 heavy (non-hydrogen) atoms. The number of halogens is 1. The second-order valence-corrected chi connectivity index (χ2v) is 5.81. The van der Waals surface area contributed by atoms with Crippen LogP contribution in [-0.2, 0) is 11.3 Å². The van der Waals surface area contributed by atoms with Gasteiger partial charge < -0.3 is 4.90 Å². The van der Waals surface area contributed by atoms with Crippen LogP contribution in [0.2, 0.25) is 5.15 Å². The second kappa shape index (κ2) is 5.95. The number of aromatic nitrogens is 2. The average molecular weight is 298 g/mol. The maximum atomic E-state index is 12.3. The van der Waals surface area contributed by atoms with E-state index in [9.17, 15) is 9.59 Å². The fraction of sp³-hybridized carbons (Fsp3) is 0.643. The minimum atomic E-state index is -0.270. The van der Waals surface area contributed by atoms with Crippen molar-refractivity contribution in [2.75, 3.05) is 6.54 Å². The van der Waals surface area contributed by atoms with Crippen molar-refractivity contribution in [3.63, 3.8) is 0 Å². The average Bonchev–Trinajstić information content (AvgIpc) is 3.17. The van der Waals surface area contributed by atoms with E-state index in [2.05, 4.69) is 4.98 Å². The molecular weight excluding hydrogens is 278 g/mol. The van der Waals surface area contributed by atoms with Crippen LogP contribution in [0.15, 0.2) is 10.9 Å². The van der Waals surface area contributed by atoms with Gasteiger partial charge in [-0.25, -0.2) is 4.98 Å². The van der Waals surface area contributed by atoms with Gasteiger partial charge in [-0.2, -0.15) is 0 Å². The van der Waals surface area contributed by atoms with Gasteiger partial charge in [0.1, 0.15) is 17.5 Å². The van der Waals surface area contributed by atoms with Gasteiger partial charge in [0.25, 0.3) is 5.56 Å². The number of rotatable bonds is 5. The van der Waals surface area contributed by atoms with Gasteiger partial charge in [-0.3, -0.25) is 14.2 Å². The van der Waals surface area contributed by atoms with Crippen LogP contribution in [0.5, 0.6) is 0 Å². The summed E-state index contributed by atoms with van der Waals surface area (Å²) >= 11 is 5.83. The molecule has 2 rings (SSSR count). The Hall–Kier alpha value is -1.36. The van der Waals surface area contributed by atoms with Crippen LogP contribution in [0, 0.1) is 0 Å². The zero-order valence-electron chi connectivity index (χ0n) is 12.1. The van der Waals surface area contributed by atoms with Crippen LogP contribution in [-0.4, -0.2) is 32.9 Å². The predicted octanol–water partition coefficient (Wildman–Crippen LogP) is 2.03. The van der Waals surface area contributed by atoms with E-state index < -0.39 is 0 Å². The first-order chi connectivity index (χ1) is 9.43. The highest BCUT2D eigenvalue weighted by molar-refractivity contribution is 6.29. The molecule has 0 atom stereocenters. The quantitative estimate of drug-likeness (QED) is 0.782. The lowest BCUT2D eigenvalue weighted by molar-refractivity contribution is -0.132. The maximum Gasteiger partial charge on any atom is 0.255 e. The molecule has 0 spiro atoms. The molecule has 6 heteroatoms. The van der Waals surface area contributed by atoms with Crippen molar-refractivity contribution >= 4 is 17.5 Å². The summed E-state index contributed by atoms with van der Waals surface area (Å²) in [6.07, 6.45) is 2.12. The lowest BCUT2D eigenvalue weighted by Crippen LogP contribution is -2.39. The SMILES string of the molecule is CCN(C(=O)Cn1c(C(C)C)nc(Cl)cc1=O)C1CC1. The summed E-state index contributed by atoms with van der Waals surface area (Å²) in [5.74, 6) is 0.566. The van der Waals surface area contributed by atoms with Crippen LogP contribution in [0.4, 0.5) is 0 Å². The molecule has 1 aromatic rings. The van der Waals surface area contributed by atoms with E-state index in [0.29, 0.717) is 18.4 Å². The zero-order valence-corrected chi connectivity index (χ0v) is 12.9. The Morgan fingerprint density at radius 2 is 2.20 bits per heavy atom. The van der Waals surface area contributed by atoms with E-state index in [0.717, 1.165) is 12.8 Å². The minimum Gasteiger partial charge on any atom is -0.338 e. The smallest absolute Gasteiger partial charge is 0.255 e. The van der Waals surface area contributed by atoms with Crippen LogP contribution < -0.4 is 5.56 Å². The van der Waals surface area contributed by atoms with Crippen molar-refractivity contribution in [1.29, 1.82) is 0 Å². The lowest BCUT2D eigenvalue weighted by Gasteiger charge is -2.22. The third kappa shape index (κ3) is 3.20. The number of carbonyl (C=O) groups is 1. The molecule has 1 aliphatic rings. The van der Waals surface area contributed by atoms with Crippen LogP contribution >= 0.6 is 11.6 Å². The molecule has 1 heterocycles. The van der Waals surface area contributed by atoms with Crippen LogP contribution in [0.3, 0.4) is 0 Å². The van der Waals surface area contributed by atoms with Crippen LogP contribution in [0.1, 0.15) is 45.4 Å². The molecule has 0 N–H and O–H groups in total. The summed E-state index contributed by atoms with van der Waals surface area (Å²) in [5, 5.41) is 0.178. The van der Waals surface area contributed by atoms with E-state index >= 15 is 0 Å². The highest BCUT2D eigenvalue weighted by atomic mass is 35.5. The van der Waals surface area contributed by atoms with Gasteiger partial charge in [0, 0.05) is 24.6 Å².